The maximum absolute atomic E-state index is 12.8. The van der Waals surface area contributed by atoms with Crippen molar-refractivity contribution in [1.29, 1.82) is 0 Å². The highest BCUT2D eigenvalue weighted by molar-refractivity contribution is 7.89. The Morgan fingerprint density at radius 3 is 2.40 bits per heavy atom. The molecule has 0 atom stereocenters. The molecule has 0 aliphatic carbocycles. The Balaban J connectivity index is 1.80. The lowest BCUT2D eigenvalue weighted by molar-refractivity contribution is -0.138. The lowest BCUT2D eigenvalue weighted by Crippen LogP contribution is -2.52. The van der Waals surface area contributed by atoms with Gasteiger partial charge in [0.25, 0.3) is 0 Å². The molecule has 0 unspecified atom stereocenters. The fourth-order valence-corrected chi connectivity index (χ4v) is 5.03. The average molecular weight is 376 g/mol. The van der Waals surface area contributed by atoms with Crippen LogP contribution < -0.4 is 5.32 Å². The maximum Gasteiger partial charge on any atom is 0.416 e. The van der Waals surface area contributed by atoms with Crippen LogP contribution in [0.3, 0.4) is 0 Å². The first kappa shape index (κ1) is 18.2. The molecule has 1 N–H and O–H groups in total. The number of halogens is 3. The molecule has 25 heavy (non-hydrogen) atoms. The second kappa shape index (κ2) is 6.28. The van der Waals surface area contributed by atoms with Gasteiger partial charge in [-0.25, -0.2) is 8.42 Å². The van der Waals surface area contributed by atoms with Gasteiger partial charge < -0.3 is 5.32 Å². The third-order valence-corrected chi connectivity index (χ3v) is 6.97. The summed E-state index contributed by atoms with van der Waals surface area (Å²) in [6, 6.07) is 3.77. The number of piperidine rings is 2. The van der Waals surface area contributed by atoms with Crippen LogP contribution in [0.15, 0.2) is 29.2 Å². The number of rotatable bonds is 2. The minimum atomic E-state index is -4.60. The Bertz CT molecular complexity index is 769. The first-order valence-corrected chi connectivity index (χ1v) is 9.55. The molecule has 1 amide bonds. The van der Waals surface area contributed by atoms with E-state index in [0.717, 1.165) is 25.0 Å². The van der Waals surface area contributed by atoms with Gasteiger partial charge in [0.15, 0.2) is 0 Å². The van der Waals surface area contributed by atoms with E-state index in [1.54, 1.807) is 0 Å². The van der Waals surface area contributed by atoms with Gasteiger partial charge in [-0.3, -0.25) is 4.79 Å². The molecule has 1 aromatic carbocycles. The molecule has 2 saturated heterocycles. The maximum atomic E-state index is 12.8. The molecule has 9 heteroatoms. The van der Waals surface area contributed by atoms with E-state index in [2.05, 4.69) is 5.32 Å². The summed E-state index contributed by atoms with van der Waals surface area (Å²) in [5.41, 5.74) is -1.54. The van der Waals surface area contributed by atoms with E-state index < -0.39 is 27.2 Å². The summed E-state index contributed by atoms with van der Waals surface area (Å²) >= 11 is 0. The van der Waals surface area contributed by atoms with Gasteiger partial charge in [0, 0.05) is 19.6 Å². The van der Waals surface area contributed by atoms with Crippen molar-refractivity contribution in [1.82, 2.24) is 9.62 Å². The van der Waals surface area contributed by atoms with Gasteiger partial charge in [-0.1, -0.05) is 6.07 Å². The van der Waals surface area contributed by atoms with Crippen LogP contribution in [0, 0.1) is 5.41 Å². The minimum Gasteiger partial charge on any atom is -0.356 e. The highest BCUT2D eigenvalue weighted by atomic mass is 32.2. The van der Waals surface area contributed by atoms with Gasteiger partial charge in [0.05, 0.1) is 15.9 Å². The molecule has 2 fully saturated rings. The van der Waals surface area contributed by atoms with E-state index in [0.29, 0.717) is 25.5 Å². The minimum absolute atomic E-state index is 0.0464. The second-order valence-electron chi connectivity index (χ2n) is 6.57. The van der Waals surface area contributed by atoms with Gasteiger partial charge in [0.2, 0.25) is 15.9 Å². The molecule has 1 aromatic rings. The number of hydrogen-bond acceptors (Lipinski definition) is 3. The predicted molar refractivity (Wildman–Crippen MR) is 84.1 cm³/mol. The third-order valence-electron chi connectivity index (χ3n) is 5.08. The van der Waals surface area contributed by atoms with Crippen LogP contribution in [0.4, 0.5) is 13.2 Å². The van der Waals surface area contributed by atoms with Crippen molar-refractivity contribution in [3.8, 4) is 0 Å². The number of nitrogens with one attached hydrogen (secondary N) is 1. The molecule has 2 aliphatic heterocycles. The Kier molecular flexibility index (Phi) is 4.57. The van der Waals surface area contributed by atoms with Crippen LogP contribution in [-0.2, 0) is 21.0 Å². The lowest BCUT2D eigenvalue weighted by Gasteiger charge is -2.42. The molecule has 0 radical (unpaired) electrons. The molecular weight excluding hydrogens is 357 g/mol. The number of benzene rings is 1. The lowest BCUT2D eigenvalue weighted by atomic mass is 9.73. The van der Waals surface area contributed by atoms with Crippen molar-refractivity contribution in [3.63, 3.8) is 0 Å². The van der Waals surface area contributed by atoms with Crippen molar-refractivity contribution >= 4 is 15.9 Å². The van der Waals surface area contributed by atoms with Gasteiger partial charge in [-0.2, -0.15) is 17.5 Å². The first-order chi connectivity index (χ1) is 11.7. The van der Waals surface area contributed by atoms with E-state index in [4.69, 9.17) is 0 Å². The molecule has 0 saturated carbocycles. The van der Waals surface area contributed by atoms with Crippen LogP contribution in [0.25, 0.3) is 0 Å². The summed E-state index contributed by atoms with van der Waals surface area (Å²) in [5.74, 6) is -0.0464. The van der Waals surface area contributed by atoms with E-state index in [9.17, 15) is 26.4 Å². The third kappa shape index (κ3) is 3.39. The predicted octanol–water partition coefficient (Wildman–Crippen LogP) is 2.39. The fraction of sp³-hybridized carbons (Fsp3) is 0.562. The van der Waals surface area contributed by atoms with Gasteiger partial charge in [0.1, 0.15) is 0 Å². The molecule has 1 spiro atoms. The van der Waals surface area contributed by atoms with Gasteiger partial charge in [-0.05, 0) is 43.9 Å². The van der Waals surface area contributed by atoms with Crippen LogP contribution in [0.5, 0.6) is 0 Å². The summed E-state index contributed by atoms with van der Waals surface area (Å²) in [6.07, 6.45) is -2.26. The molecule has 0 bridgehead atoms. The Morgan fingerprint density at radius 2 is 1.80 bits per heavy atom. The summed E-state index contributed by atoms with van der Waals surface area (Å²) in [5, 5.41) is 2.82. The van der Waals surface area contributed by atoms with Crippen molar-refractivity contribution in [3.05, 3.63) is 29.8 Å². The molecule has 138 valence electrons. The monoisotopic (exact) mass is 376 g/mol. The van der Waals surface area contributed by atoms with Crippen molar-refractivity contribution in [2.24, 2.45) is 5.41 Å². The van der Waals surface area contributed by atoms with Crippen LogP contribution in [0.1, 0.15) is 31.2 Å². The zero-order valence-corrected chi connectivity index (χ0v) is 14.3. The largest absolute Gasteiger partial charge is 0.416 e. The smallest absolute Gasteiger partial charge is 0.356 e. The summed E-state index contributed by atoms with van der Waals surface area (Å²) in [4.78, 5) is 11.8. The Hall–Kier alpha value is -1.61. The van der Waals surface area contributed by atoms with Crippen molar-refractivity contribution in [2.45, 2.75) is 36.8 Å². The number of hydrogen-bond donors (Lipinski definition) is 1. The number of sulfonamides is 1. The van der Waals surface area contributed by atoms with Crippen LogP contribution in [0.2, 0.25) is 0 Å². The van der Waals surface area contributed by atoms with Crippen LogP contribution >= 0.6 is 0 Å². The van der Waals surface area contributed by atoms with E-state index in [-0.39, 0.29) is 23.9 Å². The van der Waals surface area contributed by atoms with E-state index in [1.807, 2.05) is 0 Å². The number of carbonyl (C=O) groups excluding carboxylic acids is 1. The number of nitrogens with zero attached hydrogens (tertiary/aromatic N) is 1. The van der Waals surface area contributed by atoms with Crippen molar-refractivity contribution < 1.29 is 26.4 Å². The number of carbonyl (C=O) groups is 1. The molecular formula is C16H19F3N2O3S. The average Bonchev–Trinajstić information content (AvgIpc) is 2.57. The van der Waals surface area contributed by atoms with Crippen molar-refractivity contribution in [2.75, 3.05) is 19.6 Å². The number of amides is 1. The summed E-state index contributed by atoms with van der Waals surface area (Å²) in [6.45, 7) is 0.894. The molecule has 5 nitrogen and oxygen atoms in total. The Labute approximate surface area is 144 Å². The summed E-state index contributed by atoms with van der Waals surface area (Å²) < 4.78 is 65.0. The SMILES string of the molecule is O=C1NCCCC12CCN(S(=O)(=O)c1cccc(C(F)(F)F)c1)CC2. The molecule has 2 heterocycles. The van der Waals surface area contributed by atoms with Crippen LogP contribution in [-0.4, -0.2) is 38.3 Å². The highest BCUT2D eigenvalue weighted by Gasteiger charge is 2.45. The van der Waals surface area contributed by atoms with Gasteiger partial charge >= 0.3 is 6.18 Å². The zero-order chi connectivity index (χ0) is 18.3. The Morgan fingerprint density at radius 1 is 1.12 bits per heavy atom. The second-order valence-corrected chi connectivity index (χ2v) is 8.51. The standard InChI is InChI=1S/C16H19F3N2O3S/c17-16(18,19)12-3-1-4-13(11-12)25(23,24)21-9-6-15(7-10-21)5-2-8-20-14(15)22/h1,3-4,11H,2,5-10H2,(H,20,22). The number of alkyl halides is 3. The topological polar surface area (TPSA) is 66.5 Å². The fourth-order valence-electron chi connectivity index (χ4n) is 3.54. The normalized spacial score (nSPS) is 22.0. The molecule has 0 aromatic heterocycles. The zero-order valence-electron chi connectivity index (χ0n) is 13.5. The molecule has 3 rings (SSSR count). The molecule has 2 aliphatic rings. The van der Waals surface area contributed by atoms with E-state index >= 15 is 0 Å². The summed E-state index contributed by atoms with van der Waals surface area (Å²) in [7, 11) is -4.02. The van der Waals surface area contributed by atoms with Gasteiger partial charge in [-0.15, -0.1) is 0 Å². The quantitative estimate of drug-likeness (QED) is 0.862. The van der Waals surface area contributed by atoms with E-state index in [1.165, 1.54) is 10.4 Å². The highest BCUT2D eigenvalue weighted by Crippen LogP contribution is 2.40. The first-order valence-electron chi connectivity index (χ1n) is 8.11.